The molecular weight excluding hydrogens is 400 g/mol. The molecule has 5 nitrogen and oxygen atoms in total. The molecule has 0 fully saturated rings. The Labute approximate surface area is 155 Å². The number of nitrogens with zero attached hydrogens (tertiary/aromatic N) is 3. The van der Waals surface area contributed by atoms with Gasteiger partial charge in [-0.3, -0.25) is 4.79 Å². The van der Waals surface area contributed by atoms with Crippen molar-refractivity contribution in [1.29, 1.82) is 0 Å². The Morgan fingerprint density at radius 2 is 1.92 bits per heavy atom. The third kappa shape index (κ3) is 3.29. The fourth-order valence-corrected chi connectivity index (χ4v) is 3.46. The molecule has 3 heterocycles. The summed E-state index contributed by atoms with van der Waals surface area (Å²) in [6.07, 6.45) is 1.68. The van der Waals surface area contributed by atoms with Gasteiger partial charge in [0.1, 0.15) is 11.5 Å². The molecule has 0 saturated carbocycles. The molecule has 1 amide bonds. The minimum atomic E-state index is -0.304. The number of thiazole rings is 1. The van der Waals surface area contributed by atoms with E-state index in [0.717, 1.165) is 16.5 Å². The van der Waals surface area contributed by atoms with Crippen LogP contribution in [0, 0.1) is 0 Å². The lowest BCUT2D eigenvalue weighted by atomic mass is 10.0. The van der Waals surface area contributed by atoms with Crippen LogP contribution in [0.1, 0.15) is 10.5 Å². The second-order valence-corrected chi connectivity index (χ2v) is 7.37. The lowest BCUT2D eigenvalue weighted by molar-refractivity contribution is 0.102. The zero-order valence-electron chi connectivity index (χ0n) is 12.8. The summed E-state index contributed by atoms with van der Waals surface area (Å²) in [6, 6.07) is 15.6. The molecule has 1 N–H and O–H groups in total. The molecule has 25 heavy (non-hydrogen) atoms. The number of hydrogen-bond acceptors (Lipinski definition) is 5. The van der Waals surface area contributed by atoms with E-state index in [4.69, 9.17) is 0 Å². The van der Waals surface area contributed by atoms with Crippen LogP contribution < -0.4 is 5.32 Å². The normalized spacial score (nSPS) is 10.8. The third-order valence-corrected chi connectivity index (χ3v) is 4.98. The molecule has 0 aliphatic heterocycles. The maximum atomic E-state index is 12.5. The van der Waals surface area contributed by atoms with Crippen molar-refractivity contribution in [2.45, 2.75) is 0 Å². The molecule has 0 unspecified atom stereocenters. The SMILES string of the molecule is O=C(Nc1nc2ncccc2cc1-c1ccccc1)c1csc(Br)n1. The first kappa shape index (κ1) is 15.9. The van der Waals surface area contributed by atoms with Gasteiger partial charge in [-0.2, -0.15) is 0 Å². The molecule has 4 rings (SSSR count). The maximum Gasteiger partial charge on any atom is 0.276 e. The van der Waals surface area contributed by atoms with Crippen molar-refractivity contribution in [3.63, 3.8) is 0 Å². The van der Waals surface area contributed by atoms with E-state index in [1.165, 1.54) is 11.3 Å². The Morgan fingerprint density at radius 3 is 2.68 bits per heavy atom. The Balaban J connectivity index is 1.82. The van der Waals surface area contributed by atoms with E-state index < -0.39 is 0 Å². The fraction of sp³-hybridized carbons (Fsp3) is 0. The van der Waals surface area contributed by atoms with Crippen LogP contribution in [0.4, 0.5) is 5.82 Å². The van der Waals surface area contributed by atoms with Gasteiger partial charge in [-0.15, -0.1) is 11.3 Å². The fourth-order valence-electron chi connectivity index (χ4n) is 2.47. The first-order valence-electron chi connectivity index (χ1n) is 7.44. The Morgan fingerprint density at radius 1 is 1.08 bits per heavy atom. The van der Waals surface area contributed by atoms with Crippen molar-refractivity contribution in [3.05, 3.63) is 69.7 Å². The molecule has 7 heteroatoms. The van der Waals surface area contributed by atoms with Crippen molar-refractivity contribution >= 4 is 50.0 Å². The number of hydrogen-bond donors (Lipinski definition) is 1. The average Bonchev–Trinajstić information content (AvgIpc) is 3.08. The quantitative estimate of drug-likeness (QED) is 0.528. The average molecular weight is 411 g/mol. The van der Waals surface area contributed by atoms with E-state index in [9.17, 15) is 4.79 Å². The number of amides is 1. The summed E-state index contributed by atoms with van der Waals surface area (Å²) in [4.78, 5) is 25.5. The summed E-state index contributed by atoms with van der Waals surface area (Å²) in [5.74, 6) is 0.161. The highest BCUT2D eigenvalue weighted by molar-refractivity contribution is 9.11. The predicted octanol–water partition coefficient (Wildman–Crippen LogP) is 4.77. The minimum absolute atomic E-state index is 0.304. The summed E-state index contributed by atoms with van der Waals surface area (Å²) >= 11 is 4.63. The highest BCUT2D eigenvalue weighted by Crippen LogP contribution is 2.30. The molecule has 0 radical (unpaired) electrons. The smallest absolute Gasteiger partial charge is 0.276 e. The third-order valence-electron chi connectivity index (χ3n) is 3.62. The van der Waals surface area contributed by atoms with Gasteiger partial charge < -0.3 is 5.32 Å². The van der Waals surface area contributed by atoms with Crippen molar-refractivity contribution in [2.24, 2.45) is 0 Å². The molecule has 122 valence electrons. The van der Waals surface area contributed by atoms with Gasteiger partial charge in [0.25, 0.3) is 5.91 Å². The number of nitrogens with one attached hydrogen (secondary N) is 1. The second-order valence-electron chi connectivity index (χ2n) is 5.24. The first-order valence-corrected chi connectivity index (χ1v) is 9.11. The molecule has 0 aliphatic rings. The monoisotopic (exact) mass is 410 g/mol. The second kappa shape index (κ2) is 6.70. The highest BCUT2D eigenvalue weighted by Gasteiger charge is 2.15. The van der Waals surface area contributed by atoms with Crippen LogP contribution in [0.3, 0.4) is 0 Å². The highest BCUT2D eigenvalue weighted by atomic mass is 79.9. The number of aromatic nitrogens is 3. The van der Waals surface area contributed by atoms with E-state index >= 15 is 0 Å². The van der Waals surface area contributed by atoms with Crippen LogP contribution in [0.5, 0.6) is 0 Å². The molecule has 4 aromatic rings. The number of anilines is 1. The number of pyridine rings is 2. The van der Waals surface area contributed by atoms with Gasteiger partial charge >= 0.3 is 0 Å². The molecule has 0 aliphatic carbocycles. The van der Waals surface area contributed by atoms with Gasteiger partial charge in [0.15, 0.2) is 9.56 Å². The number of carbonyl (C=O) groups is 1. The summed E-state index contributed by atoms with van der Waals surface area (Å²) in [6.45, 7) is 0. The maximum absolute atomic E-state index is 12.5. The van der Waals surface area contributed by atoms with Gasteiger partial charge in [0.2, 0.25) is 0 Å². The summed E-state index contributed by atoms with van der Waals surface area (Å²) in [5.41, 5.74) is 2.73. The standard InChI is InChI=1S/C18H11BrN4OS/c19-18-21-14(10-25-18)17(24)23-16-13(11-5-2-1-3-6-11)9-12-7-4-8-20-15(12)22-16/h1-10H,(H,20,22,23,24). The summed E-state index contributed by atoms with van der Waals surface area (Å²) < 4.78 is 0.661. The van der Waals surface area contributed by atoms with Gasteiger partial charge in [-0.25, -0.2) is 15.0 Å². The summed E-state index contributed by atoms with van der Waals surface area (Å²) in [7, 11) is 0. The molecule has 1 aromatic carbocycles. The first-order chi connectivity index (χ1) is 12.2. The topological polar surface area (TPSA) is 67.8 Å². The van der Waals surface area contributed by atoms with Crippen molar-refractivity contribution < 1.29 is 4.79 Å². The van der Waals surface area contributed by atoms with Crippen molar-refractivity contribution in [3.8, 4) is 11.1 Å². The largest absolute Gasteiger partial charge is 0.305 e. The van der Waals surface area contributed by atoms with Crippen molar-refractivity contribution in [1.82, 2.24) is 15.0 Å². The summed E-state index contributed by atoms with van der Waals surface area (Å²) in [5, 5.41) is 5.47. The molecule has 3 aromatic heterocycles. The van der Waals surface area contributed by atoms with E-state index in [2.05, 4.69) is 36.2 Å². The predicted molar refractivity (Wildman–Crippen MR) is 103 cm³/mol. The Kier molecular flexibility index (Phi) is 4.25. The Hall–Kier alpha value is -2.64. The van der Waals surface area contributed by atoms with Crippen LogP contribution in [-0.4, -0.2) is 20.9 Å². The number of fused-ring (bicyclic) bond motifs is 1. The van der Waals surface area contributed by atoms with Gasteiger partial charge in [0, 0.05) is 22.5 Å². The molecule has 0 spiro atoms. The molecule has 0 saturated heterocycles. The molecule has 0 bridgehead atoms. The minimum Gasteiger partial charge on any atom is -0.305 e. The van der Waals surface area contributed by atoms with Crippen LogP contribution in [-0.2, 0) is 0 Å². The zero-order valence-corrected chi connectivity index (χ0v) is 15.2. The van der Waals surface area contributed by atoms with Crippen LogP contribution in [0.25, 0.3) is 22.2 Å². The molecule has 0 atom stereocenters. The molecular formula is C18H11BrN4OS. The van der Waals surface area contributed by atoms with Gasteiger partial charge in [-0.05, 0) is 39.7 Å². The van der Waals surface area contributed by atoms with E-state index in [1.54, 1.807) is 11.6 Å². The zero-order chi connectivity index (χ0) is 17.2. The van der Waals surface area contributed by atoms with Crippen molar-refractivity contribution in [2.75, 3.05) is 5.32 Å². The number of rotatable bonds is 3. The van der Waals surface area contributed by atoms with E-state index in [0.29, 0.717) is 21.1 Å². The van der Waals surface area contributed by atoms with E-state index in [-0.39, 0.29) is 5.91 Å². The van der Waals surface area contributed by atoms with Crippen LogP contribution in [0.2, 0.25) is 0 Å². The van der Waals surface area contributed by atoms with Crippen LogP contribution in [0.15, 0.2) is 64.0 Å². The Bertz CT molecular complexity index is 1070. The lowest BCUT2D eigenvalue weighted by Crippen LogP contribution is -2.14. The van der Waals surface area contributed by atoms with Gasteiger partial charge in [0.05, 0.1) is 0 Å². The number of carbonyl (C=O) groups excluding carboxylic acids is 1. The number of benzene rings is 1. The lowest BCUT2D eigenvalue weighted by Gasteiger charge is -2.11. The van der Waals surface area contributed by atoms with Crippen LogP contribution >= 0.6 is 27.3 Å². The van der Waals surface area contributed by atoms with E-state index in [1.807, 2.05) is 48.5 Å². The number of halogens is 1. The van der Waals surface area contributed by atoms with Gasteiger partial charge in [-0.1, -0.05) is 30.3 Å².